The predicted molar refractivity (Wildman–Crippen MR) is 145 cm³/mol. The molecule has 3 aromatic carbocycles. The van der Waals surface area contributed by atoms with Crippen molar-refractivity contribution in [2.24, 2.45) is 10.9 Å². The van der Waals surface area contributed by atoms with Gasteiger partial charge in [0.1, 0.15) is 0 Å². The number of aliphatic imine (C=N–C) groups is 1. The van der Waals surface area contributed by atoms with Gasteiger partial charge in [0, 0.05) is 34.5 Å². The second-order valence-corrected chi connectivity index (χ2v) is 9.68. The molecule has 0 spiro atoms. The third kappa shape index (κ3) is 5.64. The van der Waals surface area contributed by atoms with Crippen LogP contribution in [0.1, 0.15) is 36.0 Å². The number of carboxylic acids is 1. The Morgan fingerprint density at radius 3 is 2.34 bits per heavy atom. The molecular weight excluding hydrogens is 521 g/mol. The first-order chi connectivity index (χ1) is 18.0. The van der Waals surface area contributed by atoms with Gasteiger partial charge < -0.3 is 15.2 Å². The van der Waals surface area contributed by atoms with Crippen molar-refractivity contribution >= 4 is 23.3 Å². The quantitative estimate of drug-likeness (QED) is 0.209. The molecule has 2 fully saturated rings. The zero-order valence-electron chi connectivity index (χ0n) is 21.0. The molecule has 0 bridgehead atoms. The van der Waals surface area contributed by atoms with Crippen LogP contribution in [0.5, 0.6) is 0 Å². The van der Waals surface area contributed by atoms with E-state index in [9.17, 15) is 14.7 Å². The zero-order valence-corrected chi connectivity index (χ0v) is 22.0. The number of aliphatic carboxylic acids is 1. The monoisotopic (exact) mass is 550 g/mol. The molecule has 6 nitrogen and oxygen atoms in total. The van der Waals surface area contributed by atoms with Crippen LogP contribution in [0.3, 0.4) is 0 Å². The van der Waals surface area contributed by atoms with Gasteiger partial charge in [-0.25, -0.2) is 4.79 Å². The molecule has 38 heavy (non-hydrogen) atoms. The molecule has 1 aliphatic carbocycles. The Morgan fingerprint density at radius 1 is 1.03 bits per heavy atom. The van der Waals surface area contributed by atoms with Crippen molar-refractivity contribution in [2.75, 3.05) is 6.54 Å². The first kappa shape index (κ1) is 27.5. The van der Waals surface area contributed by atoms with Gasteiger partial charge in [-0.3, -0.25) is 9.89 Å². The standard InChI is InChI=1S/C31H31N3O3.Ni/c1-2-24-20-31(24,30(36)37)33-28(23-14-7-4-8-15-23)25-16-9-10-17-26(25)32-29(35)27-18-11-19-34(27)21-22-12-5-3-6-13-22;/h2-10,12-17,24,27H,1,11,18-21H2,(H2,32,33,35,36,37);/p-1/t24-,27?,31?;/m1./s1. The largest absolute Gasteiger partial charge is 0.625 e. The fourth-order valence-electron chi connectivity index (χ4n) is 5.13. The summed E-state index contributed by atoms with van der Waals surface area (Å²) in [6, 6.07) is 26.7. The van der Waals surface area contributed by atoms with Crippen molar-refractivity contribution in [1.29, 1.82) is 0 Å². The minimum Gasteiger partial charge on any atom is -0.625 e. The number of hydrogen-bond acceptors (Lipinski definition) is 4. The normalized spacial score (nSPS) is 22.8. The topological polar surface area (TPSA) is 84.1 Å². The minimum absolute atomic E-state index is 0. The molecule has 5 rings (SSSR count). The Bertz CT molecular complexity index is 1330. The van der Waals surface area contributed by atoms with Gasteiger partial charge in [-0.1, -0.05) is 91.0 Å². The van der Waals surface area contributed by atoms with E-state index in [1.54, 1.807) is 12.1 Å². The van der Waals surface area contributed by atoms with Crippen molar-refractivity contribution in [3.63, 3.8) is 0 Å². The minimum atomic E-state index is -1.25. The van der Waals surface area contributed by atoms with Crippen molar-refractivity contribution in [3.05, 3.63) is 120 Å². The Balaban J connectivity index is 0.00000336. The van der Waals surface area contributed by atoms with E-state index in [2.05, 4.69) is 28.9 Å². The van der Waals surface area contributed by atoms with Crippen LogP contribution in [0.25, 0.3) is 5.32 Å². The first-order valence-corrected chi connectivity index (χ1v) is 12.7. The summed E-state index contributed by atoms with van der Waals surface area (Å²) < 4.78 is 0. The molecule has 1 saturated heterocycles. The summed E-state index contributed by atoms with van der Waals surface area (Å²) in [5.74, 6) is -1.39. The molecule has 0 radical (unpaired) electrons. The maximum Gasteiger partial charge on any atom is 0.332 e. The molecule has 0 aromatic heterocycles. The second-order valence-electron chi connectivity index (χ2n) is 9.68. The van der Waals surface area contributed by atoms with E-state index in [1.807, 2.05) is 66.7 Å². The van der Waals surface area contributed by atoms with Crippen LogP contribution in [-0.4, -0.2) is 45.7 Å². The van der Waals surface area contributed by atoms with E-state index in [-0.39, 0.29) is 34.4 Å². The Hall–Kier alpha value is -3.54. The fourth-order valence-corrected chi connectivity index (χ4v) is 5.13. The van der Waals surface area contributed by atoms with Gasteiger partial charge in [0.25, 0.3) is 0 Å². The third-order valence-corrected chi connectivity index (χ3v) is 7.26. The van der Waals surface area contributed by atoms with Crippen molar-refractivity contribution < 1.29 is 31.2 Å². The van der Waals surface area contributed by atoms with Gasteiger partial charge in [0.15, 0.2) is 5.54 Å². The van der Waals surface area contributed by atoms with E-state index >= 15 is 0 Å². The summed E-state index contributed by atoms with van der Waals surface area (Å²) in [5, 5.41) is 14.6. The van der Waals surface area contributed by atoms with Gasteiger partial charge in [-0.2, -0.15) is 0 Å². The average Bonchev–Trinajstić information content (AvgIpc) is 3.47. The van der Waals surface area contributed by atoms with Crippen LogP contribution < -0.4 is 0 Å². The molecule has 3 aromatic rings. The summed E-state index contributed by atoms with van der Waals surface area (Å²) in [7, 11) is 0. The summed E-state index contributed by atoms with van der Waals surface area (Å²) in [4.78, 5) is 32.7. The number of benzene rings is 3. The van der Waals surface area contributed by atoms with Crippen molar-refractivity contribution in [2.45, 2.75) is 37.4 Å². The molecule has 198 valence electrons. The smallest absolute Gasteiger partial charge is 0.332 e. The number of carboxylic acid groups (broad SMARTS) is 1. The molecule has 1 saturated carbocycles. The van der Waals surface area contributed by atoms with E-state index in [4.69, 9.17) is 4.99 Å². The van der Waals surface area contributed by atoms with Crippen LogP contribution >= 0.6 is 0 Å². The molecule has 1 amide bonds. The van der Waals surface area contributed by atoms with E-state index in [0.29, 0.717) is 29.9 Å². The Morgan fingerprint density at radius 2 is 1.68 bits per heavy atom. The number of amides is 1. The van der Waals surface area contributed by atoms with Gasteiger partial charge in [-0.15, -0.1) is 12.3 Å². The Labute approximate surface area is 233 Å². The number of para-hydroxylation sites is 1. The molecule has 2 unspecified atom stereocenters. The van der Waals surface area contributed by atoms with Crippen LogP contribution in [-0.2, 0) is 32.6 Å². The number of rotatable bonds is 9. The summed E-state index contributed by atoms with van der Waals surface area (Å²) in [6.07, 6.45) is 3.76. The van der Waals surface area contributed by atoms with E-state index in [0.717, 1.165) is 24.9 Å². The first-order valence-electron chi connectivity index (χ1n) is 12.7. The number of hydrogen-bond donors (Lipinski definition) is 1. The molecule has 1 N–H and O–H groups in total. The molecular formula is C31H30N3NiO3-. The average molecular weight is 551 g/mol. The second kappa shape index (κ2) is 11.9. The van der Waals surface area contributed by atoms with Gasteiger partial charge >= 0.3 is 5.97 Å². The number of nitrogens with zero attached hydrogens (tertiary/aromatic N) is 3. The molecule has 7 heteroatoms. The molecule has 3 atom stereocenters. The van der Waals surface area contributed by atoms with Crippen LogP contribution in [0, 0.1) is 5.92 Å². The van der Waals surface area contributed by atoms with Crippen molar-refractivity contribution in [3.8, 4) is 0 Å². The predicted octanol–water partition coefficient (Wildman–Crippen LogP) is 5.75. The molecule has 2 aliphatic rings. The van der Waals surface area contributed by atoms with E-state index < -0.39 is 11.5 Å². The number of carbonyl (C=O) groups is 2. The third-order valence-electron chi connectivity index (χ3n) is 7.26. The van der Waals surface area contributed by atoms with Crippen LogP contribution in [0.15, 0.2) is 103 Å². The van der Waals surface area contributed by atoms with Gasteiger partial charge in [0.05, 0.1) is 17.7 Å². The SMILES string of the molecule is C=C[C@@H]1CC1(N=C(c1ccccc1)c1ccccc1[N-]C(=O)C1CCCN1Cc1ccccc1)C(=O)O.[Ni]. The summed E-state index contributed by atoms with van der Waals surface area (Å²) in [5.41, 5.74) is 2.36. The van der Waals surface area contributed by atoms with Crippen LogP contribution in [0.4, 0.5) is 5.69 Å². The number of carbonyl (C=O) groups excluding carboxylic acids is 1. The summed E-state index contributed by atoms with van der Waals surface area (Å²) in [6.45, 7) is 5.34. The maximum absolute atomic E-state index is 13.5. The number of likely N-dealkylation sites (tertiary alicyclic amines) is 1. The van der Waals surface area contributed by atoms with Gasteiger partial charge in [-0.05, 0) is 36.9 Å². The molecule has 1 aliphatic heterocycles. The fraction of sp³-hybridized carbons (Fsp3) is 0.258. The summed E-state index contributed by atoms with van der Waals surface area (Å²) >= 11 is 0. The van der Waals surface area contributed by atoms with Crippen molar-refractivity contribution in [1.82, 2.24) is 4.90 Å². The van der Waals surface area contributed by atoms with E-state index in [1.165, 1.54) is 5.56 Å². The maximum atomic E-state index is 13.5. The molecule has 1 heterocycles. The zero-order chi connectivity index (χ0) is 25.8. The van der Waals surface area contributed by atoms with Crippen LogP contribution in [0.2, 0.25) is 0 Å². The Kier molecular flexibility index (Phi) is 8.60. The van der Waals surface area contributed by atoms with Gasteiger partial charge in [0.2, 0.25) is 0 Å².